The molecule has 0 aliphatic rings. The van der Waals surface area contributed by atoms with E-state index in [1.54, 1.807) is 7.05 Å². The van der Waals surface area contributed by atoms with Crippen molar-refractivity contribution in [2.24, 2.45) is 0 Å². The third kappa shape index (κ3) is 3.24. The molecule has 0 aliphatic heterocycles. The van der Waals surface area contributed by atoms with Gasteiger partial charge in [0.1, 0.15) is 11.5 Å². The van der Waals surface area contributed by atoms with E-state index in [4.69, 9.17) is 0 Å². The lowest BCUT2D eigenvalue weighted by molar-refractivity contribution is -0.385. The summed E-state index contributed by atoms with van der Waals surface area (Å²) in [5, 5.41) is 16.5. The maximum Gasteiger partial charge on any atom is 0.332 e. The van der Waals surface area contributed by atoms with Crippen LogP contribution in [0.1, 0.15) is 5.69 Å². The number of halogens is 2. The number of nitrogens with one attached hydrogen (secondary N) is 2. The van der Waals surface area contributed by atoms with Crippen LogP contribution in [0.2, 0.25) is 0 Å². The average Bonchev–Trinajstić information content (AvgIpc) is 2.41. The summed E-state index contributed by atoms with van der Waals surface area (Å²) >= 11 is 3.21. The molecule has 0 aliphatic carbocycles. The molecule has 0 saturated carbocycles. The number of aromatic nitrogens is 2. The highest BCUT2D eigenvalue weighted by Crippen LogP contribution is 2.31. The van der Waals surface area contributed by atoms with Gasteiger partial charge in [0.15, 0.2) is 0 Å². The van der Waals surface area contributed by atoms with Crippen molar-refractivity contribution in [1.29, 1.82) is 0 Å². The molecule has 2 N–H and O–H groups in total. The Bertz CT molecular complexity index is 710. The highest BCUT2D eigenvalue weighted by Gasteiger charge is 2.22. The second-order valence-corrected chi connectivity index (χ2v) is 5.00. The Balaban J connectivity index is 2.54. The van der Waals surface area contributed by atoms with Crippen molar-refractivity contribution in [2.75, 3.05) is 17.7 Å². The number of hydrogen-bond acceptors (Lipinski definition) is 6. The maximum atomic E-state index is 13.8. The van der Waals surface area contributed by atoms with Gasteiger partial charge in [-0.15, -0.1) is 0 Å². The topological polar surface area (TPSA) is 93.0 Å². The van der Waals surface area contributed by atoms with Crippen LogP contribution in [0.5, 0.6) is 0 Å². The van der Waals surface area contributed by atoms with Crippen LogP contribution in [0.3, 0.4) is 0 Å². The van der Waals surface area contributed by atoms with Crippen molar-refractivity contribution >= 4 is 39.1 Å². The van der Waals surface area contributed by atoms with Crippen molar-refractivity contribution in [1.82, 2.24) is 9.97 Å². The number of anilines is 3. The van der Waals surface area contributed by atoms with E-state index in [9.17, 15) is 14.5 Å². The predicted molar refractivity (Wildman–Crippen MR) is 80.4 cm³/mol. The van der Waals surface area contributed by atoms with Gasteiger partial charge < -0.3 is 10.6 Å². The summed E-state index contributed by atoms with van der Waals surface area (Å²) in [6.45, 7) is 1.49. The van der Waals surface area contributed by atoms with Gasteiger partial charge in [-0.1, -0.05) is 15.9 Å². The van der Waals surface area contributed by atoms with E-state index >= 15 is 0 Å². The fraction of sp³-hybridized carbons (Fsp3) is 0.167. The Kier molecular flexibility index (Phi) is 4.32. The SMILES string of the molecule is CNc1nc(C)c([N+](=O)[O-])c(Nc2cc(Br)ccc2F)n1. The Hall–Kier alpha value is -2.29. The third-order valence-electron chi connectivity index (χ3n) is 2.65. The molecule has 2 rings (SSSR count). The second kappa shape index (κ2) is 6.00. The first kappa shape index (κ1) is 15.1. The summed E-state index contributed by atoms with van der Waals surface area (Å²) in [4.78, 5) is 18.5. The first-order valence-corrected chi connectivity index (χ1v) is 6.64. The molecule has 0 amide bonds. The molecule has 0 saturated heterocycles. The van der Waals surface area contributed by atoms with Crippen molar-refractivity contribution in [2.45, 2.75) is 6.92 Å². The quantitative estimate of drug-likeness (QED) is 0.644. The number of rotatable bonds is 4. The van der Waals surface area contributed by atoms with Gasteiger partial charge in [0, 0.05) is 11.5 Å². The summed E-state index contributed by atoms with van der Waals surface area (Å²) in [5.74, 6) is -0.417. The summed E-state index contributed by atoms with van der Waals surface area (Å²) < 4.78 is 14.4. The molecule has 7 nitrogen and oxygen atoms in total. The van der Waals surface area contributed by atoms with Crippen molar-refractivity contribution in [3.8, 4) is 0 Å². The van der Waals surface area contributed by atoms with Gasteiger partial charge in [-0.3, -0.25) is 10.1 Å². The highest BCUT2D eigenvalue weighted by atomic mass is 79.9. The van der Waals surface area contributed by atoms with Gasteiger partial charge in [-0.25, -0.2) is 9.37 Å². The fourth-order valence-corrected chi connectivity index (χ4v) is 2.07. The highest BCUT2D eigenvalue weighted by molar-refractivity contribution is 9.10. The van der Waals surface area contributed by atoms with Crippen molar-refractivity contribution < 1.29 is 9.31 Å². The first-order chi connectivity index (χ1) is 9.92. The minimum atomic E-state index is -0.604. The molecule has 1 heterocycles. The molecule has 1 aromatic carbocycles. The van der Waals surface area contributed by atoms with Crippen molar-refractivity contribution in [3.63, 3.8) is 0 Å². The van der Waals surface area contributed by atoms with Crippen LogP contribution < -0.4 is 10.6 Å². The van der Waals surface area contributed by atoms with Crippen LogP contribution in [0.4, 0.5) is 27.5 Å². The Morgan fingerprint density at radius 1 is 1.38 bits per heavy atom. The van der Waals surface area contributed by atoms with Gasteiger partial charge in [-0.2, -0.15) is 4.98 Å². The molecule has 0 fully saturated rings. The molecule has 0 radical (unpaired) electrons. The fourth-order valence-electron chi connectivity index (χ4n) is 1.71. The van der Waals surface area contributed by atoms with Crippen LogP contribution in [0, 0.1) is 22.9 Å². The largest absolute Gasteiger partial charge is 0.357 e. The molecule has 0 bridgehead atoms. The van der Waals surface area contributed by atoms with E-state index in [1.165, 1.54) is 25.1 Å². The summed E-state index contributed by atoms with van der Waals surface area (Å²) in [6, 6.07) is 4.24. The Labute approximate surface area is 127 Å². The number of nitrogens with zero attached hydrogens (tertiary/aromatic N) is 3. The lowest BCUT2D eigenvalue weighted by Crippen LogP contribution is -2.07. The number of aryl methyl sites for hydroxylation is 1. The second-order valence-electron chi connectivity index (χ2n) is 4.09. The number of nitro groups is 1. The van der Waals surface area contributed by atoms with E-state index in [1.807, 2.05) is 0 Å². The summed E-state index contributed by atoms with van der Waals surface area (Å²) in [5.41, 5.74) is -0.0433. The summed E-state index contributed by atoms with van der Waals surface area (Å²) in [7, 11) is 1.59. The van der Waals surface area contributed by atoms with E-state index in [-0.39, 0.29) is 28.8 Å². The van der Waals surface area contributed by atoms with Crippen molar-refractivity contribution in [3.05, 3.63) is 44.3 Å². The molecule has 9 heteroatoms. The smallest absolute Gasteiger partial charge is 0.332 e. The van der Waals surface area contributed by atoms with Gasteiger partial charge in [0.05, 0.1) is 10.6 Å². The van der Waals surface area contributed by atoms with E-state index in [0.29, 0.717) is 4.47 Å². The molecular weight excluding hydrogens is 345 g/mol. The van der Waals surface area contributed by atoms with Gasteiger partial charge >= 0.3 is 5.69 Å². The molecule has 1 aromatic heterocycles. The average molecular weight is 356 g/mol. The summed E-state index contributed by atoms with van der Waals surface area (Å²) in [6.07, 6.45) is 0. The molecule has 21 heavy (non-hydrogen) atoms. The molecule has 0 spiro atoms. The zero-order valence-corrected chi connectivity index (χ0v) is 12.7. The number of hydrogen-bond donors (Lipinski definition) is 2. The molecule has 2 aromatic rings. The standard InChI is InChI=1S/C12H11BrFN5O2/c1-6-10(19(20)21)11(18-12(15-2)16-6)17-9-5-7(13)3-4-8(9)14/h3-5H,1-2H3,(H2,15,16,17,18). The zero-order chi connectivity index (χ0) is 15.6. The molecule has 0 unspecified atom stereocenters. The molecule has 110 valence electrons. The molecular formula is C12H11BrFN5O2. The first-order valence-electron chi connectivity index (χ1n) is 5.85. The zero-order valence-electron chi connectivity index (χ0n) is 11.1. The third-order valence-corrected chi connectivity index (χ3v) is 3.14. The van der Waals surface area contributed by atoms with Gasteiger partial charge in [0.2, 0.25) is 11.8 Å². The van der Waals surface area contributed by atoms with E-state index < -0.39 is 10.7 Å². The lowest BCUT2D eigenvalue weighted by Gasteiger charge is -2.10. The van der Waals surface area contributed by atoms with Crippen LogP contribution in [-0.4, -0.2) is 21.9 Å². The maximum absolute atomic E-state index is 13.8. The van der Waals surface area contributed by atoms with Crippen LogP contribution in [0.15, 0.2) is 22.7 Å². The lowest BCUT2D eigenvalue weighted by atomic mass is 10.3. The van der Waals surface area contributed by atoms with Crippen LogP contribution >= 0.6 is 15.9 Å². The number of benzene rings is 1. The minimum Gasteiger partial charge on any atom is -0.357 e. The normalized spacial score (nSPS) is 10.3. The van der Waals surface area contributed by atoms with Gasteiger partial charge in [-0.05, 0) is 25.1 Å². The predicted octanol–water partition coefficient (Wildman–Crippen LogP) is 3.38. The van der Waals surface area contributed by atoms with Crippen LogP contribution in [-0.2, 0) is 0 Å². The molecule has 0 atom stereocenters. The monoisotopic (exact) mass is 355 g/mol. The Morgan fingerprint density at radius 2 is 2.10 bits per heavy atom. The minimum absolute atomic E-state index is 0.0751. The van der Waals surface area contributed by atoms with E-state index in [2.05, 4.69) is 36.5 Å². The van der Waals surface area contributed by atoms with E-state index in [0.717, 1.165) is 0 Å². The van der Waals surface area contributed by atoms with Gasteiger partial charge in [0.25, 0.3) is 0 Å². The Morgan fingerprint density at radius 3 is 2.71 bits per heavy atom. The van der Waals surface area contributed by atoms with Crippen LogP contribution in [0.25, 0.3) is 0 Å².